The molecular weight excluding hydrogens is 311 g/mol. The molecule has 0 aliphatic carbocycles. The first-order valence-electron chi connectivity index (χ1n) is 7.27. The van der Waals surface area contributed by atoms with Crippen LogP contribution < -0.4 is 10.1 Å². The second-order valence-corrected chi connectivity index (χ2v) is 5.05. The van der Waals surface area contributed by atoms with Crippen molar-refractivity contribution in [3.05, 3.63) is 72.0 Å². The molecule has 5 nitrogen and oxygen atoms in total. The van der Waals surface area contributed by atoms with E-state index >= 15 is 0 Å². The van der Waals surface area contributed by atoms with Gasteiger partial charge < -0.3 is 14.5 Å². The maximum Gasteiger partial charge on any atom is 0.251 e. The molecule has 3 rings (SSSR count). The highest BCUT2D eigenvalue weighted by molar-refractivity contribution is 5.95. The molecule has 0 radical (unpaired) electrons. The van der Waals surface area contributed by atoms with Crippen LogP contribution in [0.1, 0.15) is 15.9 Å². The molecular formula is C18H15FN2O3. The molecule has 6 heteroatoms. The molecule has 1 amide bonds. The summed E-state index contributed by atoms with van der Waals surface area (Å²) in [5.41, 5.74) is 1.53. The van der Waals surface area contributed by atoms with Gasteiger partial charge in [-0.05, 0) is 24.3 Å². The van der Waals surface area contributed by atoms with E-state index in [1.165, 1.54) is 19.6 Å². The summed E-state index contributed by atoms with van der Waals surface area (Å²) in [6.45, 7) is 0.109. The van der Waals surface area contributed by atoms with Crippen LogP contribution in [-0.2, 0) is 6.54 Å². The Labute approximate surface area is 138 Å². The molecule has 122 valence electrons. The Morgan fingerprint density at radius 3 is 2.83 bits per heavy atom. The van der Waals surface area contributed by atoms with Gasteiger partial charge in [0.05, 0.1) is 18.9 Å². The normalized spacial score (nSPS) is 10.4. The van der Waals surface area contributed by atoms with E-state index in [2.05, 4.69) is 10.3 Å². The van der Waals surface area contributed by atoms with Gasteiger partial charge in [0.15, 0.2) is 12.2 Å². The molecule has 0 saturated carbocycles. The maximum atomic E-state index is 13.6. The van der Waals surface area contributed by atoms with Gasteiger partial charge in [0.1, 0.15) is 11.6 Å². The zero-order chi connectivity index (χ0) is 16.9. The average Bonchev–Trinajstić information content (AvgIpc) is 3.14. The van der Waals surface area contributed by atoms with Crippen LogP contribution in [0.2, 0.25) is 0 Å². The van der Waals surface area contributed by atoms with Crippen LogP contribution in [0, 0.1) is 5.82 Å². The maximum absolute atomic E-state index is 13.6. The number of ether oxygens (including phenoxy) is 1. The second-order valence-electron chi connectivity index (χ2n) is 5.05. The molecule has 2 aromatic carbocycles. The Balaban J connectivity index is 1.77. The predicted octanol–water partition coefficient (Wildman–Crippen LogP) is 3.42. The molecule has 3 aromatic rings. The molecule has 0 aliphatic heterocycles. The van der Waals surface area contributed by atoms with Crippen molar-refractivity contribution >= 4 is 5.91 Å². The Bertz CT molecular complexity index is 847. The van der Waals surface area contributed by atoms with Gasteiger partial charge in [0.25, 0.3) is 5.91 Å². The Morgan fingerprint density at radius 1 is 1.29 bits per heavy atom. The van der Waals surface area contributed by atoms with E-state index in [4.69, 9.17) is 9.15 Å². The van der Waals surface area contributed by atoms with E-state index < -0.39 is 0 Å². The highest BCUT2D eigenvalue weighted by Gasteiger charge is 2.13. The molecule has 0 atom stereocenters. The zero-order valence-electron chi connectivity index (χ0n) is 13.0. The number of carbonyl (C=O) groups excluding carboxylic acids is 1. The van der Waals surface area contributed by atoms with E-state index in [9.17, 15) is 9.18 Å². The highest BCUT2D eigenvalue weighted by Crippen LogP contribution is 2.30. The van der Waals surface area contributed by atoms with Gasteiger partial charge in [-0.15, -0.1) is 0 Å². The first-order valence-corrected chi connectivity index (χ1v) is 7.27. The minimum Gasteiger partial charge on any atom is -0.496 e. The number of nitrogens with zero attached hydrogens (tertiary/aromatic N) is 1. The third-order valence-electron chi connectivity index (χ3n) is 3.56. The Kier molecular flexibility index (Phi) is 4.56. The number of nitrogens with one attached hydrogen (secondary N) is 1. The number of hydrogen-bond acceptors (Lipinski definition) is 4. The summed E-state index contributed by atoms with van der Waals surface area (Å²) in [4.78, 5) is 16.1. The summed E-state index contributed by atoms with van der Waals surface area (Å²) < 4.78 is 24.1. The van der Waals surface area contributed by atoms with Crippen molar-refractivity contribution in [2.45, 2.75) is 6.54 Å². The molecule has 0 aliphatic rings. The van der Waals surface area contributed by atoms with Crippen molar-refractivity contribution in [1.82, 2.24) is 10.3 Å². The van der Waals surface area contributed by atoms with Crippen LogP contribution in [0.5, 0.6) is 5.75 Å². The van der Waals surface area contributed by atoms with Gasteiger partial charge >= 0.3 is 0 Å². The lowest BCUT2D eigenvalue weighted by Gasteiger charge is -2.10. The highest BCUT2D eigenvalue weighted by atomic mass is 19.1. The lowest BCUT2D eigenvalue weighted by molar-refractivity contribution is 0.0950. The number of benzene rings is 2. The monoisotopic (exact) mass is 326 g/mol. The Hall–Kier alpha value is -3.15. The second kappa shape index (κ2) is 6.95. The summed E-state index contributed by atoms with van der Waals surface area (Å²) in [5, 5.41) is 2.69. The van der Waals surface area contributed by atoms with Crippen molar-refractivity contribution in [2.24, 2.45) is 0 Å². The molecule has 1 aromatic heterocycles. The van der Waals surface area contributed by atoms with Gasteiger partial charge in [-0.3, -0.25) is 4.79 Å². The summed E-state index contributed by atoms with van der Waals surface area (Å²) in [5.74, 6) is 0.368. The first kappa shape index (κ1) is 15.7. The third-order valence-corrected chi connectivity index (χ3v) is 3.56. The molecule has 1 heterocycles. The quantitative estimate of drug-likeness (QED) is 0.780. The number of aromatic nitrogens is 1. The largest absolute Gasteiger partial charge is 0.496 e. The van der Waals surface area contributed by atoms with Gasteiger partial charge in [0, 0.05) is 17.7 Å². The average molecular weight is 326 g/mol. The van der Waals surface area contributed by atoms with Gasteiger partial charge in [-0.2, -0.15) is 0 Å². The third kappa shape index (κ3) is 3.27. The summed E-state index contributed by atoms with van der Waals surface area (Å²) in [7, 11) is 1.51. The van der Waals surface area contributed by atoms with E-state index in [1.54, 1.807) is 42.6 Å². The van der Waals surface area contributed by atoms with Crippen LogP contribution in [0.4, 0.5) is 4.39 Å². The molecule has 1 N–H and O–H groups in total. The van der Waals surface area contributed by atoms with Crippen molar-refractivity contribution in [3.8, 4) is 17.1 Å². The van der Waals surface area contributed by atoms with Crippen LogP contribution in [-0.4, -0.2) is 18.0 Å². The van der Waals surface area contributed by atoms with Crippen molar-refractivity contribution in [1.29, 1.82) is 0 Å². The number of amides is 1. The standard InChI is InChI=1S/C18H15FN2O3/c1-23-16-8-12(6-7-14(16)17-10-20-11-24-17)18(22)21-9-13-4-2-3-5-15(13)19/h2-8,10-11H,9H2,1H3,(H,21,22). The van der Waals surface area contributed by atoms with Gasteiger partial charge in [0.2, 0.25) is 0 Å². The van der Waals surface area contributed by atoms with E-state index in [0.29, 0.717) is 28.2 Å². The number of rotatable bonds is 5. The van der Waals surface area contributed by atoms with Crippen molar-refractivity contribution in [3.63, 3.8) is 0 Å². The fourth-order valence-electron chi connectivity index (χ4n) is 2.30. The van der Waals surface area contributed by atoms with Gasteiger partial charge in [-0.1, -0.05) is 18.2 Å². The molecule has 0 spiro atoms. The van der Waals surface area contributed by atoms with Crippen molar-refractivity contribution in [2.75, 3.05) is 7.11 Å². The first-order chi connectivity index (χ1) is 11.7. The summed E-state index contributed by atoms with van der Waals surface area (Å²) in [6, 6.07) is 11.3. The van der Waals surface area contributed by atoms with Crippen molar-refractivity contribution < 1.29 is 18.3 Å². The van der Waals surface area contributed by atoms with E-state index in [-0.39, 0.29) is 18.3 Å². The van der Waals surface area contributed by atoms with E-state index in [0.717, 1.165) is 0 Å². The lowest BCUT2D eigenvalue weighted by atomic mass is 10.1. The molecule has 24 heavy (non-hydrogen) atoms. The summed E-state index contributed by atoms with van der Waals surface area (Å²) in [6.07, 6.45) is 2.89. The smallest absolute Gasteiger partial charge is 0.251 e. The number of hydrogen-bond donors (Lipinski definition) is 1. The fourth-order valence-corrected chi connectivity index (χ4v) is 2.30. The SMILES string of the molecule is COc1cc(C(=O)NCc2ccccc2F)ccc1-c1cnco1. The van der Waals surface area contributed by atoms with Crippen LogP contribution in [0.3, 0.4) is 0 Å². The zero-order valence-corrected chi connectivity index (χ0v) is 13.0. The number of oxazole rings is 1. The topological polar surface area (TPSA) is 64.4 Å². The predicted molar refractivity (Wildman–Crippen MR) is 86.1 cm³/mol. The molecule has 0 unspecified atom stereocenters. The van der Waals surface area contributed by atoms with Gasteiger partial charge in [-0.25, -0.2) is 9.37 Å². The van der Waals surface area contributed by atoms with Crippen LogP contribution >= 0.6 is 0 Å². The van der Waals surface area contributed by atoms with E-state index in [1.807, 2.05) is 0 Å². The fraction of sp³-hybridized carbons (Fsp3) is 0.111. The number of halogens is 1. The lowest BCUT2D eigenvalue weighted by Crippen LogP contribution is -2.23. The number of methoxy groups -OCH3 is 1. The minimum absolute atomic E-state index is 0.109. The number of carbonyl (C=O) groups is 1. The molecule has 0 bridgehead atoms. The Morgan fingerprint density at radius 2 is 2.12 bits per heavy atom. The minimum atomic E-state index is -0.351. The van der Waals surface area contributed by atoms with Crippen LogP contribution in [0.25, 0.3) is 11.3 Å². The molecule has 0 saturated heterocycles. The molecule has 0 fully saturated rings. The van der Waals surface area contributed by atoms with Crippen LogP contribution in [0.15, 0.2) is 59.5 Å². The summed E-state index contributed by atoms with van der Waals surface area (Å²) >= 11 is 0.